The molecule has 0 spiro atoms. The van der Waals surface area contributed by atoms with Gasteiger partial charge in [-0.1, -0.05) is 11.6 Å². The van der Waals surface area contributed by atoms with Crippen LogP contribution in [0.2, 0.25) is 5.02 Å². The highest BCUT2D eigenvalue weighted by atomic mass is 35.5. The summed E-state index contributed by atoms with van der Waals surface area (Å²) in [5.74, 6) is 2.40. The van der Waals surface area contributed by atoms with E-state index in [2.05, 4.69) is 9.97 Å². The van der Waals surface area contributed by atoms with Crippen molar-refractivity contribution in [1.82, 2.24) is 9.97 Å². The van der Waals surface area contributed by atoms with E-state index in [0.717, 1.165) is 44.5 Å². The molecule has 0 bridgehead atoms. The number of imidazole rings is 1. The molecule has 3 rings (SSSR count). The Labute approximate surface area is 140 Å². The first kappa shape index (κ1) is 15.7. The van der Waals surface area contributed by atoms with E-state index in [0.29, 0.717) is 13.2 Å². The maximum atomic E-state index is 6.17. The Morgan fingerprint density at radius 2 is 1.78 bits per heavy atom. The van der Waals surface area contributed by atoms with E-state index in [9.17, 15) is 0 Å². The summed E-state index contributed by atoms with van der Waals surface area (Å²) in [7, 11) is 0. The largest absolute Gasteiger partial charge is 0.494 e. The van der Waals surface area contributed by atoms with Crippen LogP contribution in [-0.4, -0.2) is 16.6 Å². The van der Waals surface area contributed by atoms with Crippen LogP contribution in [0.25, 0.3) is 11.0 Å². The van der Waals surface area contributed by atoms with Gasteiger partial charge in [0.25, 0.3) is 0 Å². The van der Waals surface area contributed by atoms with E-state index < -0.39 is 0 Å². The first-order valence-corrected chi connectivity index (χ1v) is 7.95. The van der Waals surface area contributed by atoms with Crippen LogP contribution in [-0.2, 0) is 6.61 Å². The molecule has 1 heterocycles. The molecule has 0 unspecified atom stereocenters. The van der Waals surface area contributed by atoms with Crippen LogP contribution in [0.1, 0.15) is 23.9 Å². The highest BCUT2D eigenvalue weighted by Crippen LogP contribution is 2.26. The molecule has 0 atom stereocenters. The van der Waals surface area contributed by atoms with Gasteiger partial charge in [0.1, 0.15) is 23.9 Å². The zero-order valence-corrected chi connectivity index (χ0v) is 14.2. The second kappa shape index (κ2) is 6.50. The predicted molar refractivity (Wildman–Crippen MR) is 92.5 cm³/mol. The molecule has 23 heavy (non-hydrogen) atoms. The number of ether oxygens (including phenoxy) is 2. The van der Waals surface area contributed by atoms with E-state index in [1.807, 2.05) is 51.1 Å². The monoisotopic (exact) mass is 330 g/mol. The minimum atomic E-state index is 0.374. The van der Waals surface area contributed by atoms with Crippen molar-refractivity contribution in [3.05, 3.63) is 52.3 Å². The van der Waals surface area contributed by atoms with Crippen LogP contribution in [0.15, 0.2) is 30.3 Å². The summed E-state index contributed by atoms with van der Waals surface area (Å²) in [4.78, 5) is 7.79. The molecule has 0 amide bonds. The minimum Gasteiger partial charge on any atom is -0.494 e. The van der Waals surface area contributed by atoms with Gasteiger partial charge in [-0.25, -0.2) is 4.98 Å². The summed E-state index contributed by atoms with van der Waals surface area (Å²) in [6.07, 6.45) is 0. The Kier molecular flexibility index (Phi) is 4.44. The Morgan fingerprint density at radius 3 is 2.48 bits per heavy atom. The van der Waals surface area contributed by atoms with Crippen LogP contribution in [0.5, 0.6) is 11.5 Å². The number of H-pyrrole nitrogens is 1. The minimum absolute atomic E-state index is 0.374. The topological polar surface area (TPSA) is 47.1 Å². The number of rotatable bonds is 5. The average Bonchev–Trinajstić information content (AvgIpc) is 2.93. The number of aromatic nitrogens is 2. The lowest BCUT2D eigenvalue weighted by atomic mass is 10.1. The Balaban J connectivity index is 1.76. The fraction of sp³-hybridized carbons (Fsp3) is 0.278. The second-order valence-corrected chi connectivity index (χ2v) is 5.83. The number of aryl methyl sites for hydroxylation is 2. The molecule has 4 nitrogen and oxygen atoms in total. The molecule has 120 valence electrons. The van der Waals surface area contributed by atoms with Crippen molar-refractivity contribution < 1.29 is 9.47 Å². The molecular weight excluding hydrogens is 312 g/mol. The molecule has 0 aliphatic carbocycles. The highest BCUT2D eigenvalue weighted by molar-refractivity contribution is 6.32. The quantitative estimate of drug-likeness (QED) is 0.730. The number of nitrogens with zero attached hydrogens (tertiary/aromatic N) is 1. The standard InChI is InChI=1S/C18H19ClN2O2/c1-4-22-13-5-6-15-16(9-13)21-17(20-15)10-23-14-7-11(2)18(19)12(3)8-14/h5-9H,4,10H2,1-3H3,(H,20,21). The predicted octanol–water partition coefficient (Wildman–Crippen LogP) is 4.81. The first-order chi connectivity index (χ1) is 11.1. The first-order valence-electron chi connectivity index (χ1n) is 7.58. The lowest BCUT2D eigenvalue weighted by molar-refractivity contribution is 0.297. The molecule has 2 aromatic carbocycles. The Hall–Kier alpha value is -2.20. The van der Waals surface area contributed by atoms with Crippen molar-refractivity contribution in [2.75, 3.05) is 6.61 Å². The van der Waals surface area contributed by atoms with Crippen molar-refractivity contribution in [2.45, 2.75) is 27.4 Å². The number of fused-ring (bicyclic) bond motifs is 1. The lowest BCUT2D eigenvalue weighted by Gasteiger charge is -2.08. The molecule has 1 aromatic heterocycles. The molecule has 0 aliphatic rings. The Morgan fingerprint density at radius 1 is 1.04 bits per heavy atom. The van der Waals surface area contributed by atoms with E-state index >= 15 is 0 Å². The summed E-state index contributed by atoms with van der Waals surface area (Å²) in [5, 5.41) is 0.782. The summed E-state index contributed by atoms with van der Waals surface area (Å²) in [5.41, 5.74) is 3.86. The van der Waals surface area contributed by atoms with Crippen molar-refractivity contribution in [2.24, 2.45) is 0 Å². The molecule has 1 N–H and O–H groups in total. The zero-order valence-electron chi connectivity index (χ0n) is 13.4. The number of hydrogen-bond donors (Lipinski definition) is 1. The van der Waals surface area contributed by atoms with Gasteiger partial charge in [0, 0.05) is 11.1 Å². The third-order valence-corrected chi connectivity index (χ3v) is 4.20. The van der Waals surface area contributed by atoms with Gasteiger partial charge in [0.2, 0.25) is 0 Å². The van der Waals surface area contributed by atoms with Crippen LogP contribution in [0, 0.1) is 13.8 Å². The molecule has 0 fully saturated rings. The number of aromatic amines is 1. The van der Waals surface area contributed by atoms with Crippen molar-refractivity contribution in [3.63, 3.8) is 0 Å². The molecule has 0 saturated carbocycles. The molecule has 0 radical (unpaired) electrons. The smallest absolute Gasteiger partial charge is 0.146 e. The van der Waals surface area contributed by atoms with E-state index in [-0.39, 0.29) is 0 Å². The summed E-state index contributed by atoms with van der Waals surface area (Å²) < 4.78 is 11.3. The van der Waals surface area contributed by atoms with Crippen LogP contribution in [0.3, 0.4) is 0 Å². The summed E-state index contributed by atoms with van der Waals surface area (Å²) in [6.45, 7) is 6.92. The zero-order chi connectivity index (χ0) is 16.4. The molecule has 5 heteroatoms. The fourth-order valence-electron chi connectivity index (χ4n) is 2.51. The number of benzene rings is 2. The second-order valence-electron chi connectivity index (χ2n) is 5.46. The highest BCUT2D eigenvalue weighted by Gasteiger charge is 2.07. The van der Waals surface area contributed by atoms with Gasteiger partial charge in [0.15, 0.2) is 0 Å². The van der Waals surface area contributed by atoms with Crippen LogP contribution < -0.4 is 9.47 Å². The molecule has 0 saturated heterocycles. The average molecular weight is 331 g/mol. The van der Waals surface area contributed by atoms with Crippen molar-refractivity contribution in [3.8, 4) is 11.5 Å². The van der Waals surface area contributed by atoms with E-state index in [1.54, 1.807) is 0 Å². The number of nitrogens with one attached hydrogen (secondary N) is 1. The van der Waals surface area contributed by atoms with Crippen LogP contribution in [0.4, 0.5) is 0 Å². The maximum Gasteiger partial charge on any atom is 0.146 e. The fourth-order valence-corrected chi connectivity index (χ4v) is 2.62. The lowest BCUT2D eigenvalue weighted by Crippen LogP contribution is -1.98. The number of hydrogen-bond acceptors (Lipinski definition) is 3. The van der Waals surface area contributed by atoms with Crippen LogP contribution >= 0.6 is 11.6 Å². The van der Waals surface area contributed by atoms with Gasteiger partial charge in [-0.2, -0.15) is 0 Å². The SMILES string of the molecule is CCOc1ccc2nc(COc3cc(C)c(Cl)c(C)c3)[nH]c2c1. The Bertz CT molecular complexity index is 819. The summed E-state index contributed by atoms with van der Waals surface area (Å²) in [6, 6.07) is 9.68. The van der Waals surface area contributed by atoms with E-state index in [1.165, 1.54) is 0 Å². The number of halogens is 1. The normalized spacial score (nSPS) is 11.0. The van der Waals surface area contributed by atoms with Gasteiger partial charge in [-0.3, -0.25) is 0 Å². The van der Waals surface area contributed by atoms with E-state index in [4.69, 9.17) is 21.1 Å². The summed E-state index contributed by atoms with van der Waals surface area (Å²) >= 11 is 6.17. The van der Waals surface area contributed by atoms with Crippen molar-refractivity contribution in [1.29, 1.82) is 0 Å². The molecule has 0 aliphatic heterocycles. The van der Waals surface area contributed by atoms with Gasteiger partial charge >= 0.3 is 0 Å². The van der Waals surface area contributed by atoms with Gasteiger partial charge < -0.3 is 14.5 Å². The maximum absolute atomic E-state index is 6.17. The molecular formula is C18H19ClN2O2. The third-order valence-electron chi connectivity index (χ3n) is 3.60. The van der Waals surface area contributed by atoms with Gasteiger partial charge in [-0.15, -0.1) is 0 Å². The molecule has 3 aromatic rings. The third kappa shape index (κ3) is 3.42. The van der Waals surface area contributed by atoms with Gasteiger partial charge in [0.05, 0.1) is 17.6 Å². The van der Waals surface area contributed by atoms with Gasteiger partial charge in [-0.05, 0) is 56.2 Å². The van der Waals surface area contributed by atoms with Crippen molar-refractivity contribution >= 4 is 22.6 Å².